The van der Waals surface area contributed by atoms with Gasteiger partial charge in [0.15, 0.2) is 0 Å². The summed E-state index contributed by atoms with van der Waals surface area (Å²) in [5, 5.41) is 5.83. The minimum atomic E-state index is -0.291. The summed E-state index contributed by atoms with van der Waals surface area (Å²) in [5.74, 6) is 1.95. The van der Waals surface area contributed by atoms with Crippen LogP contribution in [0.2, 0.25) is 0 Å². The summed E-state index contributed by atoms with van der Waals surface area (Å²) in [5.41, 5.74) is 4.79. The number of hydrogen-bond acceptors (Lipinski definition) is 4. The van der Waals surface area contributed by atoms with E-state index in [1.807, 2.05) is 55.5 Å². The molecule has 0 aromatic heterocycles. The van der Waals surface area contributed by atoms with Crippen LogP contribution in [0.4, 0.5) is 5.69 Å². The lowest BCUT2D eigenvalue weighted by molar-refractivity contribution is -0.120. The standard InChI is InChI=1S/C34H33N3O4/c1-3-4-5-10-25(2)24-35-32(38)23-26-15-17-27(18-16-26)36-33(39)30-13-8-6-11-28(30)29-12-7-9-14-31(29)34(40)37-19-21-41-22-20-37/h1,4-18H,19-24H2,2H3,(H,35,38)(H,36,39)/b5-4-,25-10+. The third-order valence-corrected chi connectivity index (χ3v) is 6.63. The molecule has 2 N–H and O–H groups in total. The Morgan fingerprint density at radius 3 is 2.24 bits per heavy atom. The van der Waals surface area contributed by atoms with Crippen molar-refractivity contribution in [2.24, 2.45) is 0 Å². The van der Waals surface area contributed by atoms with Gasteiger partial charge in [0.1, 0.15) is 0 Å². The molecule has 0 aliphatic carbocycles. The molecule has 4 rings (SSSR count). The molecule has 3 amide bonds. The van der Waals surface area contributed by atoms with Crippen LogP contribution in [-0.2, 0) is 16.0 Å². The summed E-state index contributed by atoms with van der Waals surface area (Å²) in [4.78, 5) is 40.9. The minimum Gasteiger partial charge on any atom is -0.378 e. The summed E-state index contributed by atoms with van der Waals surface area (Å²) in [6, 6.07) is 21.8. The average molecular weight is 548 g/mol. The molecule has 41 heavy (non-hydrogen) atoms. The Morgan fingerprint density at radius 2 is 1.56 bits per heavy atom. The molecule has 1 aliphatic heterocycles. The van der Waals surface area contributed by atoms with Gasteiger partial charge in [0.05, 0.1) is 19.6 Å². The fraction of sp³-hybridized carbons (Fsp3) is 0.206. The van der Waals surface area contributed by atoms with Crippen molar-refractivity contribution in [3.8, 4) is 23.5 Å². The van der Waals surface area contributed by atoms with Gasteiger partial charge in [0.2, 0.25) is 5.91 Å². The summed E-state index contributed by atoms with van der Waals surface area (Å²) in [7, 11) is 0. The summed E-state index contributed by atoms with van der Waals surface area (Å²) in [6.45, 7) is 4.44. The SMILES string of the molecule is C#C/C=C\C=C(/C)CNC(=O)Cc1ccc(NC(=O)c2ccccc2-c2ccccc2C(=O)N2CCOCC2)cc1. The number of carbonyl (C=O) groups is 3. The van der Waals surface area contributed by atoms with Gasteiger partial charge in [-0.2, -0.15) is 0 Å². The van der Waals surface area contributed by atoms with Crippen LogP contribution in [0.15, 0.2) is 96.6 Å². The van der Waals surface area contributed by atoms with Crippen molar-refractivity contribution in [2.45, 2.75) is 13.3 Å². The van der Waals surface area contributed by atoms with Gasteiger partial charge >= 0.3 is 0 Å². The molecule has 1 aliphatic rings. The molecule has 0 unspecified atom stereocenters. The second-order valence-corrected chi connectivity index (χ2v) is 9.64. The second kappa shape index (κ2) is 14.5. The van der Waals surface area contributed by atoms with E-state index in [2.05, 4.69) is 16.6 Å². The van der Waals surface area contributed by atoms with Crippen LogP contribution >= 0.6 is 0 Å². The first-order chi connectivity index (χ1) is 20.0. The van der Waals surface area contributed by atoms with Crippen molar-refractivity contribution in [3.05, 3.63) is 113 Å². The van der Waals surface area contributed by atoms with E-state index in [-0.39, 0.29) is 24.1 Å². The Hall–Kier alpha value is -4.93. The zero-order chi connectivity index (χ0) is 29.0. The number of nitrogens with one attached hydrogen (secondary N) is 2. The molecule has 0 saturated carbocycles. The average Bonchev–Trinajstić information content (AvgIpc) is 3.01. The van der Waals surface area contributed by atoms with E-state index in [1.54, 1.807) is 47.4 Å². The van der Waals surface area contributed by atoms with Crippen LogP contribution in [0.3, 0.4) is 0 Å². The topological polar surface area (TPSA) is 87.7 Å². The van der Waals surface area contributed by atoms with Crippen LogP contribution in [0.1, 0.15) is 33.2 Å². The van der Waals surface area contributed by atoms with E-state index >= 15 is 0 Å². The number of amides is 3. The number of hydrogen-bond donors (Lipinski definition) is 2. The largest absolute Gasteiger partial charge is 0.378 e. The summed E-state index contributed by atoms with van der Waals surface area (Å²) < 4.78 is 5.39. The number of anilines is 1. The van der Waals surface area contributed by atoms with Gasteiger partial charge in [-0.3, -0.25) is 14.4 Å². The number of ether oxygens (including phenoxy) is 1. The molecule has 3 aromatic rings. The Balaban J connectivity index is 1.43. The molecule has 7 nitrogen and oxygen atoms in total. The Labute approximate surface area is 240 Å². The summed E-state index contributed by atoms with van der Waals surface area (Å²) >= 11 is 0. The van der Waals surface area contributed by atoms with Crippen molar-refractivity contribution in [1.82, 2.24) is 10.2 Å². The maximum Gasteiger partial charge on any atom is 0.256 e. The molecule has 7 heteroatoms. The van der Waals surface area contributed by atoms with Gasteiger partial charge in [-0.05, 0) is 54.0 Å². The molecule has 1 heterocycles. The van der Waals surface area contributed by atoms with Gasteiger partial charge in [-0.1, -0.05) is 72.2 Å². The van der Waals surface area contributed by atoms with Crippen molar-refractivity contribution >= 4 is 23.4 Å². The highest BCUT2D eigenvalue weighted by atomic mass is 16.5. The lowest BCUT2D eigenvalue weighted by Gasteiger charge is -2.27. The van der Waals surface area contributed by atoms with Gasteiger partial charge in [0, 0.05) is 36.4 Å². The molecule has 0 spiro atoms. The third-order valence-electron chi connectivity index (χ3n) is 6.63. The Kier molecular flexibility index (Phi) is 10.2. The van der Waals surface area contributed by atoms with Crippen molar-refractivity contribution < 1.29 is 19.1 Å². The molecule has 0 atom stereocenters. The highest BCUT2D eigenvalue weighted by molar-refractivity contribution is 6.11. The molecule has 1 fully saturated rings. The maximum atomic E-state index is 13.4. The van der Waals surface area contributed by atoms with E-state index < -0.39 is 0 Å². The quantitative estimate of drug-likeness (QED) is 0.296. The first-order valence-corrected chi connectivity index (χ1v) is 13.5. The van der Waals surface area contributed by atoms with E-state index in [1.165, 1.54) is 0 Å². The van der Waals surface area contributed by atoms with Crippen molar-refractivity contribution in [1.29, 1.82) is 0 Å². The number of terminal acetylenes is 1. The predicted molar refractivity (Wildman–Crippen MR) is 161 cm³/mol. The molecule has 0 radical (unpaired) electrons. The maximum absolute atomic E-state index is 13.4. The fourth-order valence-electron chi connectivity index (χ4n) is 4.47. The molecular formula is C34H33N3O4. The van der Waals surface area contributed by atoms with Crippen LogP contribution in [0.5, 0.6) is 0 Å². The number of nitrogens with zero attached hydrogens (tertiary/aromatic N) is 1. The second-order valence-electron chi connectivity index (χ2n) is 9.64. The van der Waals surface area contributed by atoms with Crippen LogP contribution in [-0.4, -0.2) is 55.5 Å². The molecule has 1 saturated heterocycles. The predicted octanol–water partition coefficient (Wildman–Crippen LogP) is 4.87. The lowest BCUT2D eigenvalue weighted by Crippen LogP contribution is -2.40. The van der Waals surface area contributed by atoms with Gasteiger partial charge in [-0.15, -0.1) is 6.42 Å². The number of allylic oxidation sites excluding steroid dienone is 3. The number of rotatable bonds is 9. The minimum absolute atomic E-state index is 0.0781. The van der Waals surface area contributed by atoms with E-state index in [0.29, 0.717) is 60.8 Å². The zero-order valence-corrected chi connectivity index (χ0v) is 23.1. The molecule has 208 valence electrons. The Bertz CT molecular complexity index is 1490. The third kappa shape index (κ3) is 8.04. The number of morpholine rings is 1. The van der Waals surface area contributed by atoms with Crippen molar-refractivity contribution in [2.75, 3.05) is 38.2 Å². The van der Waals surface area contributed by atoms with Gasteiger partial charge in [-0.25, -0.2) is 0 Å². The van der Waals surface area contributed by atoms with E-state index in [9.17, 15) is 14.4 Å². The van der Waals surface area contributed by atoms with Crippen LogP contribution in [0, 0.1) is 12.3 Å². The zero-order valence-electron chi connectivity index (χ0n) is 23.1. The number of carbonyl (C=O) groups excluding carboxylic acids is 3. The fourth-order valence-corrected chi connectivity index (χ4v) is 4.47. The first kappa shape index (κ1) is 29.1. The monoisotopic (exact) mass is 547 g/mol. The Morgan fingerprint density at radius 1 is 0.927 bits per heavy atom. The highest BCUT2D eigenvalue weighted by Gasteiger charge is 2.23. The highest BCUT2D eigenvalue weighted by Crippen LogP contribution is 2.29. The van der Waals surface area contributed by atoms with E-state index in [0.717, 1.165) is 11.1 Å². The molecular weight excluding hydrogens is 514 g/mol. The van der Waals surface area contributed by atoms with Crippen LogP contribution in [0.25, 0.3) is 11.1 Å². The molecule has 3 aromatic carbocycles. The first-order valence-electron chi connectivity index (χ1n) is 13.5. The molecule has 0 bridgehead atoms. The smallest absolute Gasteiger partial charge is 0.256 e. The normalized spacial score (nSPS) is 13.5. The lowest BCUT2D eigenvalue weighted by atomic mass is 9.94. The number of benzene rings is 3. The van der Waals surface area contributed by atoms with Gasteiger partial charge < -0.3 is 20.3 Å². The van der Waals surface area contributed by atoms with Gasteiger partial charge in [0.25, 0.3) is 11.8 Å². The van der Waals surface area contributed by atoms with Crippen LogP contribution < -0.4 is 10.6 Å². The van der Waals surface area contributed by atoms with Crippen molar-refractivity contribution in [3.63, 3.8) is 0 Å². The van der Waals surface area contributed by atoms with E-state index in [4.69, 9.17) is 11.2 Å². The summed E-state index contributed by atoms with van der Waals surface area (Å²) in [6.07, 6.45) is 10.6.